The summed E-state index contributed by atoms with van der Waals surface area (Å²) in [6.07, 6.45) is -3.34. The van der Waals surface area contributed by atoms with Crippen molar-refractivity contribution in [2.24, 2.45) is 0 Å². The molecule has 2 rings (SSSR count). The van der Waals surface area contributed by atoms with Gasteiger partial charge in [0.05, 0.1) is 6.54 Å². The molecule has 20 heavy (non-hydrogen) atoms. The molecule has 1 aliphatic rings. The van der Waals surface area contributed by atoms with Gasteiger partial charge in [-0.05, 0) is 5.92 Å². The summed E-state index contributed by atoms with van der Waals surface area (Å²) in [5, 5.41) is 2.60. The first-order chi connectivity index (χ1) is 9.29. The van der Waals surface area contributed by atoms with Crippen molar-refractivity contribution in [1.82, 2.24) is 15.3 Å². The van der Waals surface area contributed by atoms with Gasteiger partial charge in [0.2, 0.25) is 11.9 Å². The summed E-state index contributed by atoms with van der Waals surface area (Å²) < 4.78 is 39.1. The van der Waals surface area contributed by atoms with Crippen molar-refractivity contribution in [3.63, 3.8) is 0 Å². The van der Waals surface area contributed by atoms with E-state index in [-0.39, 0.29) is 29.9 Å². The first kappa shape index (κ1) is 14.5. The van der Waals surface area contributed by atoms with Crippen LogP contribution in [0.3, 0.4) is 0 Å². The van der Waals surface area contributed by atoms with Crippen LogP contribution in [0.2, 0.25) is 0 Å². The van der Waals surface area contributed by atoms with Crippen LogP contribution in [-0.2, 0) is 11.0 Å². The van der Waals surface area contributed by atoms with Gasteiger partial charge in [-0.1, -0.05) is 13.8 Å². The van der Waals surface area contributed by atoms with E-state index in [4.69, 9.17) is 0 Å². The molecule has 1 N–H and O–H groups in total. The molecule has 1 fully saturated rings. The number of nitrogens with one attached hydrogen (secondary N) is 1. The normalized spacial score (nSPS) is 16.5. The molecular formula is C12H15F3N4O. The van der Waals surface area contributed by atoms with Gasteiger partial charge in [0.15, 0.2) is 5.69 Å². The standard InChI is InChI=1S/C12H15F3N4O/c1-7(2)8-5-17-11(18-10(8)12(13,14)15)19-4-3-16-9(20)6-19/h5,7H,3-4,6H2,1-2H3,(H,16,20). The number of carbonyl (C=O) groups is 1. The van der Waals surface area contributed by atoms with Crippen LogP contribution in [-0.4, -0.2) is 35.5 Å². The van der Waals surface area contributed by atoms with Crippen LogP contribution in [0.15, 0.2) is 6.20 Å². The van der Waals surface area contributed by atoms with E-state index < -0.39 is 11.9 Å². The first-order valence-corrected chi connectivity index (χ1v) is 6.25. The van der Waals surface area contributed by atoms with Gasteiger partial charge in [-0.2, -0.15) is 13.2 Å². The second-order valence-corrected chi connectivity index (χ2v) is 4.90. The molecule has 1 saturated heterocycles. The maximum Gasteiger partial charge on any atom is 0.433 e. The molecule has 0 unspecified atom stereocenters. The van der Waals surface area contributed by atoms with Crippen molar-refractivity contribution in [1.29, 1.82) is 0 Å². The number of aromatic nitrogens is 2. The zero-order chi connectivity index (χ0) is 14.9. The molecule has 0 aliphatic carbocycles. The summed E-state index contributed by atoms with van der Waals surface area (Å²) in [6, 6.07) is 0. The first-order valence-electron chi connectivity index (χ1n) is 6.25. The van der Waals surface area contributed by atoms with Gasteiger partial charge in [-0.15, -0.1) is 0 Å². The molecule has 1 aromatic rings. The van der Waals surface area contributed by atoms with Crippen molar-refractivity contribution in [3.05, 3.63) is 17.5 Å². The van der Waals surface area contributed by atoms with E-state index in [1.54, 1.807) is 13.8 Å². The molecule has 1 aromatic heterocycles. The van der Waals surface area contributed by atoms with E-state index in [9.17, 15) is 18.0 Å². The highest BCUT2D eigenvalue weighted by Gasteiger charge is 2.37. The molecule has 0 saturated carbocycles. The van der Waals surface area contributed by atoms with Crippen LogP contribution in [0.4, 0.5) is 19.1 Å². The highest BCUT2D eigenvalue weighted by Crippen LogP contribution is 2.34. The third-order valence-corrected chi connectivity index (χ3v) is 3.02. The Morgan fingerprint density at radius 2 is 2.10 bits per heavy atom. The predicted octanol–water partition coefficient (Wildman–Crippen LogP) is 1.55. The molecule has 2 heterocycles. The van der Waals surface area contributed by atoms with E-state index in [2.05, 4.69) is 15.3 Å². The number of alkyl halides is 3. The molecule has 0 atom stereocenters. The highest BCUT2D eigenvalue weighted by molar-refractivity contribution is 5.81. The minimum Gasteiger partial charge on any atom is -0.353 e. The van der Waals surface area contributed by atoms with E-state index in [0.29, 0.717) is 13.1 Å². The number of rotatable bonds is 2. The minimum absolute atomic E-state index is 0.0294. The predicted molar refractivity (Wildman–Crippen MR) is 66.3 cm³/mol. The highest BCUT2D eigenvalue weighted by atomic mass is 19.4. The Bertz CT molecular complexity index is 516. The molecule has 1 aliphatic heterocycles. The summed E-state index contributed by atoms with van der Waals surface area (Å²) >= 11 is 0. The van der Waals surface area contributed by atoms with Crippen LogP contribution in [0.5, 0.6) is 0 Å². The van der Waals surface area contributed by atoms with Crippen LogP contribution < -0.4 is 10.2 Å². The van der Waals surface area contributed by atoms with Gasteiger partial charge in [-0.3, -0.25) is 4.79 Å². The van der Waals surface area contributed by atoms with Crippen LogP contribution in [0.1, 0.15) is 31.0 Å². The average Bonchev–Trinajstić information content (AvgIpc) is 2.37. The summed E-state index contributed by atoms with van der Waals surface area (Å²) in [5.41, 5.74) is -0.869. The zero-order valence-corrected chi connectivity index (χ0v) is 11.2. The fourth-order valence-electron chi connectivity index (χ4n) is 1.99. The van der Waals surface area contributed by atoms with E-state index in [1.807, 2.05) is 0 Å². The van der Waals surface area contributed by atoms with E-state index in [0.717, 1.165) is 0 Å². The second kappa shape index (κ2) is 5.26. The quantitative estimate of drug-likeness (QED) is 0.897. The maximum absolute atomic E-state index is 13.0. The number of amides is 1. The van der Waals surface area contributed by atoms with Crippen molar-refractivity contribution in [2.45, 2.75) is 25.9 Å². The lowest BCUT2D eigenvalue weighted by Gasteiger charge is -2.27. The van der Waals surface area contributed by atoms with Gasteiger partial charge >= 0.3 is 6.18 Å². The van der Waals surface area contributed by atoms with E-state index >= 15 is 0 Å². The number of hydrogen-bond acceptors (Lipinski definition) is 4. The van der Waals surface area contributed by atoms with Gasteiger partial charge in [0.25, 0.3) is 0 Å². The number of carbonyl (C=O) groups excluding carboxylic acids is 1. The smallest absolute Gasteiger partial charge is 0.353 e. The number of piperazine rings is 1. The van der Waals surface area contributed by atoms with Gasteiger partial charge in [-0.25, -0.2) is 9.97 Å². The molecule has 110 valence electrons. The van der Waals surface area contributed by atoms with Gasteiger partial charge in [0, 0.05) is 24.8 Å². The number of nitrogens with zero attached hydrogens (tertiary/aromatic N) is 3. The molecular weight excluding hydrogens is 273 g/mol. The van der Waals surface area contributed by atoms with Crippen molar-refractivity contribution in [2.75, 3.05) is 24.5 Å². The van der Waals surface area contributed by atoms with Gasteiger partial charge in [0.1, 0.15) is 0 Å². The third kappa shape index (κ3) is 3.00. The SMILES string of the molecule is CC(C)c1cnc(N2CCNC(=O)C2)nc1C(F)(F)F. The largest absolute Gasteiger partial charge is 0.433 e. The molecule has 0 spiro atoms. The number of halogens is 3. The lowest BCUT2D eigenvalue weighted by atomic mass is 10.0. The Hall–Kier alpha value is -1.86. The molecule has 0 radical (unpaired) electrons. The Morgan fingerprint density at radius 1 is 1.40 bits per heavy atom. The zero-order valence-electron chi connectivity index (χ0n) is 11.2. The third-order valence-electron chi connectivity index (χ3n) is 3.02. The molecule has 0 bridgehead atoms. The molecule has 0 aromatic carbocycles. The fraction of sp³-hybridized carbons (Fsp3) is 0.583. The Balaban J connectivity index is 2.39. The maximum atomic E-state index is 13.0. The molecule has 1 amide bonds. The van der Waals surface area contributed by atoms with Crippen molar-refractivity contribution < 1.29 is 18.0 Å². The summed E-state index contributed by atoms with van der Waals surface area (Å²) in [4.78, 5) is 20.3. The van der Waals surface area contributed by atoms with Crippen LogP contribution >= 0.6 is 0 Å². The van der Waals surface area contributed by atoms with Crippen LogP contribution in [0.25, 0.3) is 0 Å². The monoisotopic (exact) mass is 288 g/mol. The number of hydrogen-bond donors (Lipinski definition) is 1. The van der Waals surface area contributed by atoms with Crippen molar-refractivity contribution in [3.8, 4) is 0 Å². The van der Waals surface area contributed by atoms with Crippen molar-refractivity contribution >= 4 is 11.9 Å². The summed E-state index contributed by atoms with van der Waals surface area (Å²) in [5.74, 6) is -0.636. The minimum atomic E-state index is -4.53. The fourth-order valence-corrected chi connectivity index (χ4v) is 1.99. The Kier molecular flexibility index (Phi) is 3.82. The Morgan fingerprint density at radius 3 is 2.65 bits per heavy atom. The lowest BCUT2D eigenvalue weighted by Crippen LogP contribution is -2.48. The molecule has 8 heteroatoms. The van der Waals surface area contributed by atoms with E-state index in [1.165, 1.54) is 11.1 Å². The average molecular weight is 288 g/mol. The summed E-state index contributed by atoms with van der Waals surface area (Å²) in [7, 11) is 0. The van der Waals surface area contributed by atoms with Gasteiger partial charge < -0.3 is 10.2 Å². The lowest BCUT2D eigenvalue weighted by molar-refractivity contribution is -0.142. The van der Waals surface area contributed by atoms with Crippen LogP contribution in [0, 0.1) is 0 Å². The Labute approximate surface area is 114 Å². The topological polar surface area (TPSA) is 58.1 Å². The molecule has 5 nitrogen and oxygen atoms in total. The summed E-state index contributed by atoms with van der Waals surface area (Å²) in [6.45, 7) is 4.04. The number of anilines is 1. The second-order valence-electron chi connectivity index (χ2n) is 4.90.